The van der Waals surface area contributed by atoms with Crippen LogP contribution in [0, 0.1) is 0 Å². The first kappa shape index (κ1) is 14.3. The van der Waals surface area contributed by atoms with Crippen molar-refractivity contribution in [2.75, 3.05) is 45.7 Å². The number of hydrogen-bond donors (Lipinski definition) is 1. The average Bonchev–Trinajstić information content (AvgIpc) is 2.27. The van der Waals surface area contributed by atoms with Gasteiger partial charge < -0.3 is 15.5 Å². The SMILES string of the molecule is CSCC[C@H](N)CN(C)C1CCN(C)CC1. The van der Waals surface area contributed by atoms with Crippen LogP contribution in [-0.2, 0) is 0 Å². The summed E-state index contributed by atoms with van der Waals surface area (Å²) in [6, 6.07) is 1.09. The van der Waals surface area contributed by atoms with Crippen molar-refractivity contribution in [3.63, 3.8) is 0 Å². The fraction of sp³-hybridized carbons (Fsp3) is 1.00. The highest BCUT2D eigenvalue weighted by molar-refractivity contribution is 7.98. The van der Waals surface area contributed by atoms with Gasteiger partial charge in [-0.2, -0.15) is 11.8 Å². The van der Waals surface area contributed by atoms with Gasteiger partial charge in [-0.3, -0.25) is 0 Å². The highest BCUT2D eigenvalue weighted by atomic mass is 32.2. The van der Waals surface area contributed by atoms with Gasteiger partial charge in [-0.25, -0.2) is 0 Å². The van der Waals surface area contributed by atoms with Gasteiger partial charge in [-0.1, -0.05) is 0 Å². The molecule has 0 spiro atoms. The fourth-order valence-electron chi connectivity index (χ4n) is 2.32. The summed E-state index contributed by atoms with van der Waals surface area (Å²) in [7, 11) is 4.44. The van der Waals surface area contributed by atoms with Crippen LogP contribution < -0.4 is 5.73 Å². The van der Waals surface area contributed by atoms with Crippen molar-refractivity contribution in [2.24, 2.45) is 5.73 Å². The molecule has 0 bridgehead atoms. The number of nitrogens with zero attached hydrogens (tertiary/aromatic N) is 2. The summed E-state index contributed by atoms with van der Waals surface area (Å²) < 4.78 is 0. The van der Waals surface area contributed by atoms with Gasteiger partial charge in [0.2, 0.25) is 0 Å². The summed E-state index contributed by atoms with van der Waals surface area (Å²) in [5.41, 5.74) is 6.13. The van der Waals surface area contributed by atoms with Crippen molar-refractivity contribution in [1.29, 1.82) is 0 Å². The second kappa shape index (κ2) is 7.54. The minimum Gasteiger partial charge on any atom is -0.327 e. The molecule has 0 aliphatic carbocycles. The summed E-state index contributed by atoms with van der Waals surface area (Å²) >= 11 is 1.89. The van der Waals surface area contributed by atoms with E-state index >= 15 is 0 Å². The van der Waals surface area contributed by atoms with Crippen LogP contribution in [0.4, 0.5) is 0 Å². The number of piperidine rings is 1. The summed E-state index contributed by atoms with van der Waals surface area (Å²) in [6.07, 6.45) is 5.87. The summed E-state index contributed by atoms with van der Waals surface area (Å²) in [6.45, 7) is 3.51. The zero-order valence-electron chi connectivity index (χ0n) is 11.0. The lowest BCUT2D eigenvalue weighted by Gasteiger charge is -2.36. The van der Waals surface area contributed by atoms with E-state index in [4.69, 9.17) is 5.73 Å². The van der Waals surface area contributed by atoms with Crippen molar-refractivity contribution < 1.29 is 0 Å². The van der Waals surface area contributed by atoms with Crippen LogP contribution in [0.2, 0.25) is 0 Å². The van der Waals surface area contributed by atoms with Gasteiger partial charge in [0.05, 0.1) is 0 Å². The number of likely N-dealkylation sites (N-methyl/N-ethyl adjacent to an activating group) is 1. The van der Waals surface area contributed by atoms with Gasteiger partial charge in [0, 0.05) is 18.6 Å². The van der Waals surface area contributed by atoms with Gasteiger partial charge in [0.15, 0.2) is 0 Å². The molecule has 1 aliphatic rings. The molecule has 0 amide bonds. The summed E-state index contributed by atoms with van der Waals surface area (Å²) in [5, 5.41) is 0. The Morgan fingerprint density at radius 3 is 2.62 bits per heavy atom. The standard InChI is InChI=1S/C12H27N3S/c1-14-7-4-12(5-8-14)15(2)10-11(13)6-9-16-3/h11-12H,4-10,13H2,1-3H3/t11-/m0/s1. The normalized spacial score (nSPS) is 21.6. The monoisotopic (exact) mass is 245 g/mol. The smallest absolute Gasteiger partial charge is 0.0175 e. The molecule has 0 aromatic carbocycles. The first-order chi connectivity index (χ1) is 7.63. The van der Waals surface area contributed by atoms with Crippen molar-refractivity contribution in [2.45, 2.75) is 31.3 Å². The van der Waals surface area contributed by atoms with Crippen LogP contribution >= 0.6 is 11.8 Å². The molecule has 1 fully saturated rings. The predicted octanol–water partition coefficient (Wildman–Crippen LogP) is 1.09. The minimum absolute atomic E-state index is 0.345. The first-order valence-electron chi connectivity index (χ1n) is 6.26. The molecule has 0 saturated carbocycles. The Morgan fingerprint density at radius 2 is 2.06 bits per heavy atom. The highest BCUT2D eigenvalue weighted by Crippen LogP contribution is 2.14. The van der Waals surface area contributed by atoms with Crippen LogP contribution in [0.5, 0.6) is 0 Å². The molecule has 1 heterocycles. The predicted molar refractivity (Wildman–Crippen MR) is 74.1 cm³/mol. The Labute approximate surface area is 105 Å². The quantitative estimate of drug-likeness (QED) is 0.759. The van der Waals surface area contributed by atoms with E-state index in [9.17, 15) is 0 Å². The lowest BCUT2D eigenvalue weighted by atomic mass is 10.0. The second-order valence-corrected chi connectivity index (χ2v) is 6.00. The molecule has 4 heteroatoms. The third kappa shape index (κ3) is 5.04. The Kier molecular flexibility index (Phi) is 6.73. The lowest BCUT2D eigenvalue weighted by molar-refractivity contribution is 0.138. The third-order valence-corrected chi connectivity index (χ3v) is 4.17. The van der Waals surface area contributed by atoms with Crippen LogP contribution in [0.3, 0.4) is 0 Å². The Morgan fingerprint density at radius 1 is 1.44 bits per heavy atom. The van der Waals surface area contributed by atoms with Gasteiger partial charge >= 0.3 is 0 Å². The van der Waals surface area contributed by atoms with Gasteiger partial charge in [-0.05, 0) is 58.5 Å². The van der Waals surface area contributed by atoms with Crippen LogP contribution in [-0.4, -0.2) is 67.6 Å². The summed E-state index contributed by atoms with van der Waals surface area (Å²) in [5.74, 6) is 1.18. The third-order valence-electron chi connectivity index (χ3n) is 3.53. The van der Waals surface area contributed by atoms with E-state index in [2.05, 4.69) is 30.2 Å². The number of likely N-dealkylation sites (tertiary alicyclic amines) is 1. The van der Waals surface area contributed by atoms with Crippen molar-refractivity contribution in [3.8, 4) is 0 Å². The molecular formula is C12H27N3S. The molecular weight excluding hydrogens is 218 g/mol. The number of rotatable bonds is 6. The van der Waals surface area contributed by atoms with Gasteiger partial charge in [0.1, 0.15) is 0 Å². The van der Waals surface area contributed by atoms with Crippen molar-refractivity contribution >= 4 is 11.8 Å². The van der Waals surface area contributed by atoms with Crippen LogP contribution in [0.1, 0.15) is 19.3 Å². The Balaban J connectivity index is 2.20. The molecule has 2 N–H and O–H groups in total. The molecule has 1 aliphatic heterocycles. The molecule has 0 aromatic rings. The molecule has 0 aromatic heterocycles. The topological polar surface area (TPSA) is 32.5 Å². The van der Waals surface area contributed by atoms with Crippen molar-refractivity contribution in [1.82, 2.24) is 9.80 Å². The van der Waals surface area contributed by atoms with Gasteiger partial charge in [0.25, 0.3) is 0 Å². The van der Waals surface area contributed by atoms with E-state index < -0.39 is 0 Å². The minimum atomic E-state index is 0.345. The molecule has 0 radical (unpaired) electrons. The maximum absolute atomic E-state index is 6.13. The van der Waals surface area contributed by atoms with E-state index in [1.807, 2.05) is 11.8 Å². The molecule has 0 unspecified atom stereocenters. The first-order valence-corrected chi connectivity index (χ1v) is 7.66. The average molecular weight is 245 g/mol. The molecule has 1 saturated heterocycles. The van der Waals surface area contributed by atoms with E-state index in [0.29, 0.717) is 6.04 Å². The molecule has 96 valence electrons. The largest absolute Gasteiger partial charge is 0.327 e. The number of hydrogen-bond acceptors (Lipinski definition) is 4. The van der Waals surface area contributed by atoms with E-state index in [0.717, 1.165) is 19.0 Å². The van der Waals surface area contributed by atoms with E-state index in [1.54, 1.807) is 0 Å². The fourth-order valence-corrected chi connectivity index (χ4v) is 2.85. The molecule has 16 heavy (non-hydrogen) atoms. The highest BCUT2D eigenvalue weighted by Gasteiger charge is 2.21. The zero-order chi connectivity index (χ0) is 12.0. The Bertz CT molecular complexity index is 181. The molecule has 1 rings (SSSR count). The molecule has 3 nitrogen and oxygen atoms in total. The number of thioether (sulfide) groups is 1. The van der Waals surface area contributed by atoms with E-state index in [1.165, 1.54) is 31.7 Å². The Hall–Kier alpha value is 0.230. The van der Waals surface area contributed by atoms with Crippen LogP contribution in [0.15, 0.2) is 0 Å². The van der Waals surface area contributed by atoms with Crippen molar-refractivity contribution in [3.05, 3.63) is 0 Å². The second-order valence-electron chi connectivity index (χ2n) is 5.02. The zero-order valence-corrected chi connectivity index (χ0v) is 11.8. The maximum Gasteiger partial charge on any atom is 0.0175 e. The van der Waals surface area contributed by atoms with Gasteiger partial charge in [-0.15, -0.1) is 0 Å². The lowest BCUT2D eigenvalue weighted by Crippen LogP contribution is -2.46. The van der Waals surface area contributed by atoms with E-state index in [-0.39, 0.29) is 0 Å². The number of nitrogens with two attached hydrogens (primary N) is 1. The molecule has 1 atom stereocenters. The summed E-state index contributed by atoms with van der Waals surface area (Å²) in [4.78, 5) is 4.88. The maximum atomic E-state index is 6.13. The van der Waals surface area contributed by atoms with Crippen LogP contribution in [0.25, 0.3) is 0 Å².